The number of fused-ring (bicyclic) bond motifs is 2. The maximum atomic E-state index is 6.58. The third kappa shape index (κ3) is 2.48. The summed E-state index contributed by atoms with van der Waals surface area (Å²) in [6.07, 6.45) is 6.79. The summed E-state index contributed by atoms with van der Waals surface area (Å²) in [5, 5.41) is 0. The molecule has 0 radical (unpaired) electrons. The Labute approximate surface area is 146 Å². The largest absolute Gasteiger partial charge is 0.346 e. The molecule has 0 N–H and O–H groups in total. The van der Waals surface area contributed by atoms with Crippen LogP contribution in [0.4, 0.5) is 0 Å². The SMILES string of the molecule is CC(C)CCC1O[C@@H]2OC3(C)CC[C@H]4[C@H](C)CC[C@@H]([C@H]1C)[C@@]24OO3. The molecule has 1 aliphatic carbocycles. The van der Waals surface area contributed by atoms with Gasteiger partial charge in [0.2, 0.25) is 5.79 Å². The molecule has 0 aromatic rings. The Morgan fingerprint density at radius 3 is 2.58 bits per heavy atom. The molecule has 0 aromatic heterocycles. The summed E-state index contributed by atoms with van der Waals surface area (Å²) in [5.74, 6) is 2.13. The van der Waals surface area contributed by atoms with Crippen molar-refractivity contribution < 1.29 is 19.2 Å². The highest BCUT2D eigenvalue weighted by molar-refractivity contribution is 5.09. The van der Waals surface area contributed by atoms with E-state index in [9.17, 15) is 0 Å². The molecule has 5 fully saturated rings. The quantitative estimate of drug-likeness (QED) is 0.701. The monoisotopic (exact) mass is 338 g/mol. The minimum atomic E-state index is -0.652. The molecule has 0 aromatic carbocycles. The molecule has 4 nitrogen and oxygen atoms in total. The average Bonchev–Trinajstić information content (AvgIpc) is 2.76. The van der Waals surface area contributed by atoms with E-state index in [0.29, 0.717) is 29.6 Å². The van der Waals surface area contributed by atoms with Crippen LogP contribution in [0.2, 0.25) is 0 Å². The van der Waals surface area contributed by atoms with Crippen LogP contribution in [0.5, 0.6) is 0 Å². The summed E-state index contributed by atoms with van der Waals surface area (Å²) < 4.78 is 13.0. The van der Waals surface area contributed by atoms with E-state index in [0.717, 1.165) is 19.3 Å². The minimum Gasteiger partial charge on any atom is -0.346 e. The summed E-state index contributed by atoms with van der Waals surface area (Å²) in [7, 11) is 0. The van der Waals surface area contributed by atoms with Crippen LogP contribution in [0.1, 0.15) is 73.1 Å². The Hall–Kier alpha value is -0.160. The number of hydrogen-bond donors (Lipinski definition) is 0. The zero-order valence-electron chi connectivity index (χ0n) is 15.9. The first kappa shape index (κ1) is 17.3. The lowest BCUT2D eigenvalue weighted by Gasteiger charge is -2.60. The second-order valence-corrected chi connectivity index (χ2v) is 9.41. The zero-order valence-corrected chi connectivity index (χ0v) is 15.9. The first-order chi connectivity index (χ1) is 11.4. The first-order valence-corrected chi connectivity index (χ1v) is 10.1. The van der Waals surface area contributed by atoms with Crippen molar-refractivity contribution in [3.8, 4) is 0 Å². The van der Waals surface area contributed by atoms with Gasteiger partial charge < -0.3 is 9.47 Å². The topological polar surface area (TPSA) is 36.9 Å². The smallest absolute Gasteiger partial charge is 0.201 e. The molecule has 4 saturated heterocycles. The summed E-state index contributed by atoms with van der Waals surface area (Å²) in [6, 6.07) is 0. The molecule has 4 aliphatic heterocycles. The molecule has 24 heavy (non-hydrogen) atoms. The summed E-state index contributed by atoms with van der Waals surface area (Å²) >= 11 is 0. The lowest BCUT2D eigenvalue weighted by Crippen LogP contribution is -2.70. The second kappa shape index (κ2) is 5.94. The Morgan fingerprint density at radius 2 is 1.83 bits per heavy atom. The summed E-state index contributed by atoms with van der Waals surface area (Å²) in [4.78, 5) is 12.0. The van der Waals surface area contributed by atoms with E-state index in [1.165, 1.54) is 19.3 Å². The molecular weight excluding hydrogens is 304 g/mol. The van der Waals surface area contributed by atoms with Gasteiger partial charge in [-0.25, -0.2) is 9.78 Å². The van der Waals surface area contributed by atoms with Crippen LogP contribution in [-0.2, 0) is 19.2 Å². The van der Waals surface area contributed by atoms with E-state index in [1.54, 1.807) is 0 Å². The molecule has 5 rings (SSSR count). The highest BCUT2D eigenvalue weighted by Crippen LogP contribution is 2.60. The molecule has 1 spiro atoms. The molecule has 8 atom stereocenters. The van der Waals surface area contributed by atoms with Crippen molar-refractivity contribution in [3.05, 3.63) is 0 Å². The summed E-state index contributed by atoms with van der Waals surface area (Å²) in [5.41, 5.74) is -0.401. The fraction of sp³-hybridized carbons (Fsp3) is 1.00. The molecule has 0 amide bonds. The number of hydrogen-bond acceptors (Lipinski definition) is 4. The van der Waals surface area contributed by atoms with Gasteiger partial charge in [-0.3, -0.25) is 0 Å². The third-order valence-electron chi connectivity index (χ3n) is 7.32. The van der Waals surface area contributed by atoms with Crippen molar-refractivity contribution >= 4 is 0 Å². The van der Waals surface area contributed by atoms with Crippen LogP contribution >= 0.6 is 0 Å². The van der Waals surface area contributed by atoms with Crippen LogP contribution in [0.3, 0.4) is 0 Å². The predicted octanol–water partition coefficient (Wildman–Crippen LogP) is 4.67. The van der Waals surface area contributed by atoms with Crippen molar-refractivity contribution in [3.63, 3.8) is 0 Å². The standard InChI is InChI=1S/C20H34O4/c1-12(2)6-9-17-14(4)16-8-7-13(3)15-10-11-19(5)22-18(21-17)20(15,16)24-23-19/h12-18H,6-11H2,1-5H3/t13-,14-,15+,16+,17?,18-,19?,20-/m1/s1. The highest BCUT2D eigenvalue weighted by atomic mass is 17.3. The minimum absolute atomic E-state index is 0.272. The van der Waals surface area contributed by atoms with Crippen molar-refractivity contribution in [2.24, 2.45) is 29.6 Å². The van der Waals surface area contributed by atoms with Gasteiger partial charge in [-0.05, 0) is 62.7 Å². The Morgan fingerprint density at radius 1 is 1.04 bits per heavy atom. The van der Waals surface area contributed by atoms with E-state index >= 15 is 0 Å². The van der Waals surface area contributed by atoms with Crippen molar-refractivity contribution in [1.82, 2.24) is 0 Å². The molecular formula is C20H34O4. The van der Waals surface area contributed by atoms with Crippen molar-refractivity contribution in [2.45, 2.75) is 96.9 Å². The number of ether oxygens (including phenoxy) is 2. The maximum absolute atomic E-state index is 6.58. The molecule has 2 unspecified atom stereocenters. The van der Waals surface area contributed by atoms with Crippen LogP contribution in [0, 0.1) is 29.6 Å². The Kier molecular flexibility index (Phi) is 4.27. The van der Waals surface area contributed by atoms with Gasteiger partial charge in [-0.15, -0.1) is 0 Å². The third-order valence-corrected chi connectivity index (χ3v) is 7.32. The van der Waals surface area contributed by atoms with Gasteiger partial charge in [0, 0.05) is 12.3 Å². The van der Waals surface area contributed by atoms with Gasteiger partial charge in [0.25, 0.3) is 0 Å². The van der Waals surface area contributed by atoms with E-state index in [-0.39, 0.29) is 12.4 Å². The highest BCUT2D eigenvalue weighted by Gasteiger charge is 2.69. The van der Waals surface area contributed by atoms with Gasteiger partial charge in [0.05, 0.1) is 6.10 Å². The second-order valence-electron chi connectivity index (χ2n) is 9.41. The maximum Gasteiger partial charge on any atom is 0.201 e. The van der Waals surface area contributed by atoms with E-state index in [4.69, 9.17) is 19.2 Å². The zero-order chi connectivity index (χ0) is 17.1. The molecule has 4 heterocycles. The van der Waals surface area contributed by atoms with Crippen LogP contribution < -0.4 is 0 Å². The Balaban J connectivity index is 1.67. The van der Waals surface area contributed by atoms with Crippen LogP contribution in [0.15, 0.2) is 0 Å². The van der Waals surface area contributed by atoms with E-state index < -0.39 is 11.4 Å². The van der Waals surface area contributed by atoms with Crippen molar-refractivity contribution in [1.29, 1.82) is 0 Å². The molecule has 2 bridgehead atoms. The normalized spacial score (nSPS) is 53.8. The van der Waals surface area contributed by atoms with Gasteiger partial charge in [-0.2, -0.15) is 0 Å². The van der Waals surface area contributed by atoms with Gasteiger partial charge in [0.1, 0.15) is 0 Å². The molecule has 4 heteroatoms. The molecule has 5 aliphatic rings. The van der Waals surface area contributed by atoms with Crippen LogP contribution in [0.25, 0.3) is 0 Å². The fourth-order valence-corrected chi connectivity index (χ4v) is 5.81. The average molecular weight is 338 g/mol. The fourth-order valence-electron chi connectivity index (χ4n) is 5.81. The molecule has 138 valence electrons. The van der Waals surface area contributed by atoms with E-state index in [2.05, 4.69) is 27.7 Å². The van der Waals surface area contributed by atoms with Gasteiger partial charge in [-0.1, -0.05) is 27.7 Å². The lowest BCUT2D eigenvalue weighted by atomic mass is 9.57. The van der Waals surface area contributed by atoms with Crippen LogP contribution in [-0.4, -0.2) is 23.8 Å². The van der Waals surface area contributed by atoms with Crippen molar-refractivity contribution in [2.75, 3.05) is 0 Å². The first-order valence-electron chi connectivity index (χ1n) is 10.1. The van der Waals surface area contributed by atoms with Gasteiger partial charge in [0.15, 0.2) is 11.9 Å². The molecule has 1 saturated carbocycles. The number of rotatable bonds is 3. The lowest BCUT2D eigenvalue weighted by molar-refractivity contribution is -0.571. The summed E-state index contributed by atoms with van der Waals surface area (Å²) in [6.45, 7) is 11.3. The van der Waals surface area contributed by atoms with Gasteiger partial charge >= 0.3 is 0 Å². The Bertz CT molecular complexity index is 480. The predicted molar refractivity (Wildman–Crippen MR) is 90.9 cm³/mol. The van der Waals surface area contributed by atoms with E-state index in [1.807, 2.05) is 6.92 Å².